The van der Waals surface area contributed by atoms with Crippen molar-refractivity contribution in [3.8, 4) is 0 Å². The molecule has 1 aromatic carbocycles. The molecule has 0 radical (unpaired) electrons. The number of nitrogens with one attached hydrogen (secondary N) is 2. The summed E-state index contributed by atoms with van der Waals surface area (Å²) in [6.07, 6.45) is 1.78. The Morgan fingerprint density at radius 1 is 1.35 bits per heavy atom. The number of amides is 1. The van der Waals surface area contributed by atoms with Gasteiger partial charge in [0.2, 0.25) is 0 Å². The Labute approximate surface area is 97.4 Å². The Morgan fingerprint density at radius 2 is 2.12 bits per heavy atom. The van der Waals surface area contributed by atoms with Gasteiger partial charge in [0.05, 0.1) is 0 Å². The van der Waals surface area contributed by atoms with Crippen molar-refractivity contribution in [1.82, 2.24) is 10.3 Å². The largest absolute Gasteiger partial charge is 0.480 e. The molecule has 5 nitrogen and oxygen atoms in total. The highest BCUT2D eigenvalue weighted by Gasteiger charge is 2.15. The lowest BCUT2D eigenvalue weighted by Gasteiger charge is -2.09. The maximum Gasteiger partial charge on any atom is 0.325 e. The molecule has 1 atom stereocenters. The summed E-state index contributed by atoms with van der Waals surface area (Å²) < 4.78 is 0. The number of hydrogen-bond acceptors (Lipinski definition) is 2. The van der Waals surface area contributed by atoms with Gasteiger partial charge in [-0.15, -0.1) is 0 Å². The van der Waals surface area contributed by atoms with Crippen molar-refractivity contribution in [2.24, 2.45) is 0 Å². The monoisotopic (exact) mass is 232 g/mol. The van der Waals surface area contributed by atoms with Gasteiger partial charge < -0.3 is 15.4 Å². The fraction of sp³-hybridized carbons (Fsp3) is 0.167. The van der Waals surface area contributed by atoms with Crippen molar-refractivity contribution in [2.75, 3.05) is 0 Å². The lowest BCUT2D eigenvalue weighted by atomic mass is 10.1. The minimum absolute atomic E-state index is 0.386. The Kier molecular flexibility index (Phi) is 2.82. The molecule has 1 heterocycles. The van der Waals surface area contributed by atoms with E-state index in [1.54, 1.807) is 24.4 Å². The van der Waals surface area contributed by atoms with Crippen LogP contribution in [0.3, 0.4) is 0 Å². The van der Waals surface area contributed by atoms with Crippen LogP contribution in [0.4, 0.5) is 0 Å². The molecule has 0 saturated carbocycles. The maximum atomic E-state index is 11.7. The van der Waals surface area contributed by atoms with Gasteiger partial charge in [0.1, 0.15) is 6.04 Å². The Hall–Kier alpha value is -2.30. The molecule has 0 fully saturated rings. The molecule has 3 N–H and O–H groups in total. The molecule has 1 aromatic heterocycles. The van der Waals surface area contributed by atoms with E-state index < -0.39 is 12.0 Å². The Morgan fingerprint density at radius 3 is 2.82 bits per heavy atom. The van der Waals surface area contributed by atoms with Crippen LogP contribution in [0.5, 0.6) is 0 Å². The number of carbonyl (C=O) groups is 2. The number of benzene rings is 1. The van der Waals surface area contributed by atoms with Gasteiger partial charge in [0, 0.05) is 22.7 Å². The van der Waals surface area contributed by atoms with Gasteiger partial charge in [-0.25, -0.2) is 0 Å². The quantitative estimate of drug-likeness (QED) is 0.747. The number of carboxylic acid groups (broad SMARTS) is 1. The normalized spacial score (nSPS) is 12.3. The van der Waals surface area contributed by atoms with Crippen LogP contribution in [0.15, 0.2) is 30.5 Å². The summed E-state index contributed by atoms with van der Waals surface area (Å²) in [5.41, 5.74) is 1.39. The van der Waals surface area contributed by atoms with Crippen LogP contribution in [0.2, 0.25) is 0 Å². The molecule has 0 bridgehead atoms. The molecular weight excluding hydrogens is 220 g/mol. The average Bonchev–Trinajstić information content (AvgIpc) is 2.75. The number of fused-ring (bicyclic) bond motifs is 1. The molecule has 1 amide bonds. The number of carboxylic acids is 1. The maximum absolute atomic E-state index is 11.7. The van der Waals surface area contributed by atoms with Gasteiger partial charge in [0.15, 0.2) is 0 Å². The zero-order valence-corrected chi connectivity index (χ0v) is 9.23. The molecule has 5 heteroatoms. The van der Waals surface area contributed by atoms with Crippen LogP contribution < -0.4 is 5.32 Å². The molecule has 2 aromatic rings. The summed E-state index contributed by atoms with van der Waals surface area (Å²) in [5, 5.41) is 12.0. The van der Waals surface area contributed by atoms with Crippen LogP contribution in [-0.4, -0.2) is 28.0 Å². The van der Waals surface area contributed by atoms with Gasteiger partial charge in [0.25, 0.3) is 5.91 Å². The van der Waals surface area contributed by atoms with Crippen molar-refractivity contribution in [3.05, 3.63) is 36.0 Å². The minimum atomic E-state index is -1.05. The summed E-state index contributed by atoms with van der Waals surface area (Å²) in [6.45, 7) is 1.43. The van der Waals surface area contributed by atoms with E-state index in [1.807, 2.05) is 6.07 Å². The van der Waals surface area contributed by atoms with Crippen LogP contribution in [0, 0.1) is 0 Å². The highest BCUT2D eigenvalue weighted by Crippen LogP contribution is 2.14. The molecule has 0 unspecified atom stereocenters. The first-order chi connectivity index (χ1) is 8.08. The zero-order valence-electron chi connectivity index (χ0n) is 9.23. The molecule has 0 aliphatic heterocycles. The van der Waals surface area contributed by atoms with Gasteiger partial charge in [-0.3, -0.25) is 9.59 Å². The second kappa shape index (κ2) is 4.29. The number of aliphatic carboxylic acids is 1. The lowest BCUT2D eigenvalue weighted by Crippen LogP contribution is -2.38. The van der Waals surface area contributed by atoms with Gasteiger partial charge >= 0.3 is 5.97 Å². The summed E-state index contributed by atoms with van der Waals surface area (Å²) >= 11 is 0. The molecule has 0 aliphatic carbocycles. The third kappa shape index (κ3) is 2.28. The highest BCUT2D eigenvalue weighted by atomic mass is 16.4. The van der Waals surface area contributed by atoms with Gasteiger partial charge in [-0.05, 0) is 31.2 Å². The van der Waals surface area contributed by atoms with Crippen molar-refractivity contribution in [1.29, 1.82) is 0 Å². The number of rotatable bonds is 3. The first-order valence-corrected chi connectivity index (χ1v) is 5.19. The second-order valence-electron chi connectivity index (χ2n) is 3.81. The summed E-state index contributed by atoms with van der Waals surface area (Å²) in [5.74, 6) is -1.44. The Bertz CT molecular complexity index is 574. The fourth-order valence-electron chi connectivity index (χ4n) is 1.54. The predicted octanol–water partition coefficient (Wildman–Crippen LogP) is 1.37. The number of H-pyrrole nitrogens is 1. The van der Waals surface area contributed by atoms with Crippen molar-refractivity contribution in [2.45, 2.75) is 13.0 Å². The van der Waals surface area contributed by atoms with Gasteiger partial charge in [-0.1, -0.05) is 0 Å². The average molecular weight is 232 g/mol. The van der Waals surface area contributed by atoms with E-state index in [9.17, 15) is 9.59 Å². The molecular formula is C12H12N2O3. The van der Waals surface area contributed by atoms with Gasteiger partial charge in [-0.2, -0.15) is 0 Å². The summed E-state index contributed by atoms with van der Waals surface area (Å²) in [7, 11) is 0. The molecule has 17 heavy (non-hydrogen) atoms. The molecule has 0 saturated heterocycles. The first-order valence-electron chi connectivity index (χ1n) is 5.19. The second-order valence-corrected chi connectivity index (χ2v) is 3.81. The number of aromatic amines is 1. The molecule has 88 valence electrons. The van der Waals surface area contributed by atoms with E-state index in [0.29, 0.717) is 5.56 Å². The number of carbonyl (C=O) groups excluding carboxylic acids is 1. The van der Waals surface area contributed by atoms with E-state index in [0.717, 1.165) is 10.9 Å². The molecule has 0 aliphatic rings. The minimum Gasteiger partial charge on any atom is -0.480 e. The number of hydrogen-bond donors (Lipinski definition) is 3. The summed E-state index contributed by atoms with van der Waals surface area (Å²) in [4.78, 5) is 25.4. The topological polar surface area (TPSA) is 82.2 Å². The van der Waals surface area contributed by atoms with Crippen molar-refractivity contribution in [3.63, 3.8) is 0 Å². The van der Waals surface area contributed by atoms with Crippen LogP contribution in [0.1, 0.15) is 17.3 Å². The highest BCUT2D eigenvalue weighted by molar-refractivity contribution is 5.99. The van der Waals surface area contributed by atoms with Crippen molar-refractivity contribution >= 4 is 22.8 Å². The smallest absolute Gasteiger partial charge is 0.325 e. The standard InChI is InChI=1S/C12H12N2O3/c1-7(12(16)17)14-11(15)9-2-3-10-8(6-9)4-5-13-10/h2-7,13H,1H3,(H,14,15)(H,16,17)/t7-/m1/s1. The third-order valence-corrected chi connectivity index (χ3v) is 2.53. The third-order valence-electron chi connectivity index (χ3n) is 2.53. The fourth-order valence-corrected chi connectivity index (χ4v) is 1.54. The zero-order chi connectivity index (χ0) is 12.4. The number of aromatic nitrogens is 1. The first kappa shape index (κ1) is 11.2. The van der Waals surface area contributed by atoms with E-state index in [1.165, 1.54) is 6.92 Å². The molecule has 0 spiro atoms. The Balaban J connectivity index is 2.21. The SMILES string of the molecule is C[C@@H](NC(=O)c1ccc2[nH]ccc2c1)C(=O)O. The van der Waals surface area contributed by atoms with Crippen molar-refractivity contribution < 1.29 is 14.7 Å². The van der Waals surface area contributed by atoms with Crippen LogP contribution in [-0.2, 0) is 4.79 Å². The summed E-state index contributed by atoms with van der Waals surface area (Å²) in [6, 6.07) is 6.12. The van der Waals surface area contributed by atoms with Crippen LogP contribution >= 0.6 is 0 Å². The predicted molar refractivity (Wildman–Crippen MR) is 62.9 cm³/mol. The molecule has 2 rings (SSSR count). The van der Waals surface area contributed by atoms with Crippen LogP contribution in [0.25, 0.3) is 10.9 Å². The van der Waals surface area contributed by atoms with E-state index in [2.05, 4.69) is 10.3 Å². The van der Waals surface area contributed by atoms with E-state index in [-0.39, 0.29) is 5.91 Å². The van der Waals surface area contributed by atoms with E-state index >= 15 is 0 Å². The lowest BCUT2D eigenvalue weighted by molar-refractivity contribution is -0.138. The van der Waals surface area contributed by atoms with E-state index in [4.69, 9.17) is 5.11 Å².